The van der Waals surface area contributed by atoms with Gasteiger partial charge in [-0.2, -0.15) is 0 Å². The summed E-state index contributed by atoms with van der Waals surface area (Å²) in [4.78, 5) is 15.7. The number of carbonyl (C=O) groups is 1. The minimum absolute atomic E-state index is 0.0848. The van der Waals surface area contributed by atoms with Crippen molar-refractivity contribution in [2.45, 2.75) is 19.5 Å². The average molecular weight is 260 g/mol. The number of furan rings is 1. The van der Waals surface area contributed by atoms with E-state index in [1.165, 1.54) is 13.4 Å². The molecule has 2 rings (SSSR count). The van der Waals surface area contributed by atoms with E-state index in [4.69, 9.17) is 4.42 Å². The zero-order chi connectivity index (χ0) is 13.7. The van der Waals surface area contributed by atoms with E-state index in [2.05, 4.69) is 15.0 Å². The minimum atomic E-state index is -0.465. The highest BCUT2D eigenvalue weighted by Crippen LogP contribution is 2.14. The van der Waals surface area contributed by atoms with Crippen LogP contribution < -0.4 is 5.32 Å². The fourth-order valence-corrected chi connectivity index (χ4v) is 1.75. The zero-order valence-electron chi connectivity index (χ0n) is 10.9. The second-order valence-electron chi connectivity index (χ2n) is 4.12. The monoisotopic (exact) mass is 260 g/mol. The van der Waals surface area contributed by atoms with E-state index in [0.717, 1.165) is 11.3 Å². The van der Waals surface area contributed by atoms with Crippen molar-refractivity contribution in [3.05, 3.63) is 53.7 Å². The van der Waals surface area contributed by atoms with Crippen molar-refractivity contribution in [3.8, 4) is 0 Å². The van der Waals surface area contributed by atoms with Gasteiger partial charge in [-0.1, -0.05) is 6.07 Å². The van der Waals surface area contributed by atoms with Crippen LogP contribution in [0.25, 0.3) is 0 Å². The molecular weight excluding hydrogens is 244 g/mol. The summed E-state index contributed by atoms with van der Waals surface area (Å²) in [6, 6.07) is 7.61. The first-order valence-corrected chi connectivity index (χ1v) is 6.01. The molecule has 1 atom stereocenters. The average Bonchev–Trinajstić information content (AvgIpc) is 2.93. The molecule has 0 radical (unpaired) electrons. The summed E-state index contributed by atoms with van der Waals surface area (Å²) < 4.78 is 9.78. The molecule has 1 N–H and O–H groups in total. The van der Waals surface area contributed by atoms with Crippen LogP contribution in [0.15, 0.2) is 41.1 Å². The van der Waals surface area contributed by atoms with Crippen LogP contribution in [0.3, 0.4) is 0 Å². The number of nitrogens with one attached hydrogen (secondary N) is 1. The molecule has 2 aromatic rings. The second kappa shape index (κ2) is 6.15. The van der Waals surface area contributed by atoms with Crippen LogP contribution in [0.2, 0.25) is 0 Å². The Labute approximate surface area is 111 Å². The van der Waals surface area contributed by atoms with Crippen LogP contribution in [-0.4, -0.2) is 18.1 Å². The number of carbonyl (C=O) groups excluding carboxylic acids is 1. The van der Waals surface area contributed by atoms with Gasteiger partial charge in [-0.15, -0.1) is 0 Å². The minimum Gasteiger partial charge on any atom is -0.463 e. The van der Waals surface area contributed by atoms with Crippen LogP contribution in [0.1, 0.15) is 34.8 Å². The molecule has 100 valence electrons. The van der Waals surface area contributed by atoms with Crippen molar-refractivity contribution in [1.29, 1.82) is 0 Å². The van der Waals surface area contributed by atoms with E-state index in [9.17, 15) is 4.79 Å². The molecule has 0 saturated heterocycles. The van der Waals surface area contributed by atoms with Crippen molar-refractivity contribution in [1.82, 2.24) is 10.3 Å². The van der Waals surface area contributed by atoms with Crippen molar-refractivity contribution < 1.29 is 13.9 Å². The molecule has 19 heavy (non-hydrogen) atoms. The number of nitrogens with zero attached hydrogens (tertiary/aromatic N) is 1. The molecule has 5 nitrogen and oxygen atoms in total. The number of hydrogen-bond acceptors (Lipinski definition) is 5. The zero-order valence-corrected chi connectivity index (χ0v) is 10.9. The highest BCUT2D eigenvalue weighted by Gasteiger charge is 2.16. The van der Waals surface area contributed by atoms with Crippen molar-refractivity contribution in [2.24, 2.45) is 0 Å². The van der Waals surface area contributed by atoms with Gasteiger partial charge in [0, 0.05) is 24.3 Å². The quantitative estimate of drug-likeness (QED) is 0.836. The first-order valence-electron chi connectivity index (χ1n) is 6.01. The molecule has 0 aliphatic rings. The van der Waals surface area contributed by atoms with E-state index < -0.39 is 5.97 Å². The SMILES string of the molecule is COC(=O)c1occc1CN[C@@H](C)c1ccccn1. The number of hydrogen-bond donors (Lipinski definition) is 1. The lowest BCUT2D eigenvalue weighted by atomic mass is 10.2. The second-order valence-corrected chi connectivity index (χ2v) is 4.12. The smallest absolute Gasteiger partial charge is 0.374 e. The summed E-state index contributed by atoms with van der Waals surface area (Å²) in [5, 5.41) is 3.29. The largest absolute Gasteiger partial charge is 0.463 e. The number of methoxy groups -OCH3 is 1. The number of aromatic nitrogens is 1. The lowest BCUT2D eigenvalue weighted by molar-refractivity contribution is 0.0563. The molecule has 0 amide bonds. The normalized spacial score (nSPS) is 12.1. The summed E-state index contributed by atoms with van der Waals surface area (Å²) in [7, 11) is 1.33. The fraction of sp³-hybridized carbons (Fsp3) is 0.286. The molecule has 0 aliphatic carbocycles. The topological polar surface area (TPSA) is 64.4 Å². The first kappa shape index (κ1) is 13.3. The van der Waals surface area contributed by atoms with Gasteiger partial charge >= 0.3 is 5.97 Å². The number of ether oxygens (including phenoxy) is 1. The van der Waals surface area contributed by atoms with E-state index in [0.29, 0.717) is 6.54 Å². The highest BCUT2D eigenvalue weighted by atomic mass is 16.5. The lowest BCUT2D eigenvalue weighted by Gasteiger charge is -2.12. The summed E-state index contributed by atoms with van der Waals surface area (Å²) in [5.41, 5.74) is 1.72. The molecule has 0 bridgehead atoms. The highest BCUT2D eigenvalue weighted by molar-refractivity contribution is 5.87. The van der Waals surface area contributed by atoms with Gasteiger partial charge in [0.1, 0.15) is 0 Å². The predicted molar refractivity (Wildman–Crippen MR) is 69.5 cm³/mol. The Morgan fingerprint density at radius 2 is 2.32 bits per heavy atom. The Kier molecular flexibility index (Phi) is 4.30. The van der Waals surface area contributed by atoms with Crippen molar-refractivity contribution in [2.75, 3.05) is 7.11 Å². The van der Waals surface area contributed by atoms with E-state index in [1.54, 1.807) is 12.3 Å². The van der Waals surface area contributed by atoms with Gasteiger partial charge in [-0.25, -0.2) is 4.79 Å². The summed E-state index contributed by atoms with van der Waals surface area (Å²) >= 11 is 0. The van der Waals surface area contributed by atoms with Crippen LogP contribution in [0.5, 0.6) is 0 Å². The molecule has 2 heterocycles. The molecule has 0 unspecified atom stereocenters. The van der Waals surface area contributed by atoms with Gasteiger partial charge in [0.2, 0.25) is 5.76 Å². The van der Waals surface area contributed by atoms with Gasteiger partial charge in [0.15, 0.2) is 0 Å². The van der Waals surface area contributed by atoms with Gasteiger partial charge < -0.3 is 14.5 Å². The molecule has 0 spiro atoms. The Balaban J connectivity index is 2.00. The maximum absolute atomic E-state index is 11.5. The molecule has 0 fully saturated rings. The number of esters is 1. The van der Waals surface area contributed by atoms with Crippen LogP contribution >= 0.6 is 0 Å². The van der Waals surface area contributed by atoms with Crippen LogP contribution in [-0.2, 0) is 11.3 Å². The summed E-state index contributed by atoms with van der Waals surface area (Å²) in [6.45, 7) is 2.53. The summed E-state index contributed by atoms with van der Waals surface area (Å²) in [5.74, 6) is -0.226. The molecule has 2 aromatic heterocycles. The Morgan fingerprint density at radius 1 is 1.47 bits per heavy atom. The van der Waals surface area contributed by atoms with E-state index >= 15 is 0 Å². The molecule has 0 aromatic carbocycles. The third kappa shape index (κ3) is 3.20. The lowest BCUT2D eigenvalue weighted by Crippen LogP contribution is -2.20. The number of pyridine rings is 1. The van der Waals surface area contributed by atoms with Crippen LogP contribution in [0.4, 0.5) is 0 Å². The fourth-order valence-electron chi connectivity index (χ4n) is 1.75. The Bertz CT molecular complexity index is 537. The van der Waals surface area contributed by atoms with Gasteiger partial charge in [-0.3, -0.25) is 4.98 Å². The maximum Gasteiger partial charge on any atom is 0.374 e. The predicted octanol–water partition coefficient (Wildman–Crippen LogP) is 2.31. The summed E-state index contributed by atoms with van der Waals surface area (Å²) in [6.07, 6.45) is 3.24. The molecule has 0 saturated carbocycles. The Hall–Kier alpha value is -2.14. The van der Waals surface area contributed by atoms with Gasteiger partial charge in [-0.05, 0) is 25.1 Å². The van der Waals surface area contributed by atoms with Crippen molar-refractivity contribution >= 4 is 5.97 Å². The van der Waals surface area contributed by atoms with Gasteiger partial charge in [0.05, 0.1) is 19.1 Å². The number of rotatable bonds is 5. The molecule has 0 aliphatic heterocycles. The van der Waals surface area contributed by atoms with Crippen molar-refractivity contribution in [3.63, 3.8) is 0 Å². The third-order valence-electron chi connectivity index (χ3n) is 2.85. The van der Waals surface area contributed by atoms with Gasteiger partial charge in [0.25, 0.3) is 0 Å². The van der Waals surface area contributed by atoms with E-state index in [-0.39, 0.29) is 11.8 Å². The maximum atomic E-state index is 11.5. The Morgan fingerprint density at radius 3 is 3.00 bits per heavy atom. The van der Waals surface area contributed by atoms with Crippen LogP contribution in [0, 0.1) is 0 Å². The molecule has 5 heteroatoms. The first-order chi connectivity index (χ1) is 9.22. The van der Waals surface area contributed by atoms with E-state index in [1.807, 2.05) is 25.1 Å². The third-order valence-corrected chi connectivity index (χ3v) is 2.85. The molecular formula is C14H16N2O3. The standard InChI is InChI=1S/C14H16N2O3/c1-10(12-5-3-4-7-15-12)16-9-11-6-8-19-13(11)14(17)18-2/h3-8,10,16H,9H2,1-2H3/t10-/m0/s1.